The van der Waals surface area contributed by atoms with Gasteiger partial charge in [-0.05, 0) is 49.8 Å². The van der Waals surface area contributed by atoms with Gasteiger partial charge in [0.1, 0.15) is 10.8 Å². The van der Waals surface area contributed by atoms with Crippen LogP contribution in [0.4, 0.5) is 5.00 Å². The quantitative estimate of drug-likeness (QED) is 0.893. The molecular weight excluding hydrogens is 324 g/mol. The Kier molecular flexibility index (Phi) is 4.57. The van der Waals surface area contributed by atoms with Crippen LogP contribution < -0.4 is 15.8 Å². The van der Waals surface area contributed by atoms with Crippen LogP contribution in [0.3, 0.4) is 0 Å². The molecule has 24 heavy (non-hydrogen) atoms. The summed E-state index contributed by atoms with van der Waals surface area (Å²) >= 11 is 1.46. The van der Waals surface area contributed by atoms with Crippen LogP contribution in [0, 0.1) is 6.92 Å². The molecule has 0 atom stereocenters. The number of fused-ring (bicyclic) bond motifs is 1. The van der Waals surface area contributed by atoms with E-state index in [0.717, 1.165) is 41.7 Å². The Morgan fingerprint density at radius 1 is 1.25 bits per heavy atom. The van der Waals surface area contributed by atoms with Gasteiger partial charge in [-0.25, -0.2) is 0 Å². The Balaban J connectivity index is 1.97. The number of amides is 2. The molecule has 0 saturated carbocycles. The Morgan fingerprint density at radius 2 is 2.00 bits per heavy atom. The number of carbonyl (C=O) groups excluding carboxylic acids is 2. The second-order valence-electron chi connectivity index (χ2n) is 5.89. The van der Waals surface area contributed by atoms with E-state index in [-0.39, 0.29) is 5.91 Å². The highest BCUT2D eigenvalue weighted by Crippen LogP contribution is 2.38. The average molecular weight is 344 g/mol. The van der Waals surface area contributed by atoms with E-state index >= 15 is 0 Å². The zero-order chi connectivity index (χ0) is 17.3. The number of ether oxygens (including phenoxy) is 1. The number of aryl methyl sites for hydroxylation is 2. The summed E-state index contributed by atoms with van der Waals surface area (Å²) < 4.78 is 5.34. The molecule has 0 bridgehead atoms. The van der Waals surface area contributed by atoms with Crippen LogP contribution in [0.1, 0.15) is 49.6 Å². The molecule has 0 spiro atoms. The Hall–Kier alpha value is -2.34. The fraction of sp³-hybridized carbons (Fsp3) is 0.333. The third-order valence-corrected chi connectivity index (χ3v) is 5.51. The van der Waals surface area contributed by atoms with Crippen LogP contribution in [0.5, 0.6) is 5.75 Å². The van der Waals surface area contributed by atoms with Crippen molar-refractivity contribution in [1.82, 2.24) is 0 Å². The first-order chi connectivity index (χ1) is 11.5. The van der Waals surface area contributed by atoms with Gasteiger partial charge in [0.2, 0.25) is 0 Å². The third kappa shape index (κ3) is 2.89. The van der Waals surface area contributed by atoms with Gasteiger partial charge in [-0.2, -0.15) is 0 Å². The molecule has 3 N–H and O–H groups in total. The van der Waals surface area contributed by atoms with Crippen LogP contribution in [0.25, 0.3) is 0 Å². The topological polar surface area (TPSA) is 81.4 Å². The molecule has 1 aromatic heterocycles. The minimum absolute atomic E-state index is 0.295. The summed E-state index contributed by atoms with van der Waals surface area (Å²) in [6.45, 7) is 1.88. The number of methoxy groups -OCH3 is 1. The third-order valence-electron chi connectivity index (χ3n) is 4.31. The Morgan fingerprint density at radius 3 is 2.71 bits per heavy atom. The lowest BCUT2D eigenvalue weighted by atomic mass is 9.95. The van der Waals surface area contributed by atoms with E-state index in [9.17, 15) is 9.59 Å². The van der Waals surface area contributed by atoms with Crippen molar-refractivity contribution in [3.05, 3.63) is 45.3 Å². The molecule has 0 radical (unpaired) electrons. The largest absolute Gasteiger partial charge is 0.496 e. The molecule has 126 valence electrons. The first kappa shape index (κ1) is 16.5. The van der Waals surface area contributed by atoms with Crippen molar-refractivity contribution in [3.63, 3.8) is 0 Å². The molecule has 0 fully saturated rings. The Labute approximate surface area is 144 Å². The van der Waals surface area contributed by atoms with Gasteiger partial charge in [0.05, 0.1) is 18.2 Å². The first-order valence-corrected chi connectivity index (χ1v) is 8.74. The highest BCUT2D eigenvalue weighted by atomic mass is 32.1. The van der Waals surface area contributed by atoms with Crippen molar-refractivity contribution in [3.8, 4) is 5.75 Å². The molecule has 2 amide bonds. The van der Waals surface area contributed by atoms with E-state index in [1.165, 1.54) is 18.4 Å². The molecule has 0 aliphatic heterocycles. The summed E-state index contributed by atoms with van der Waals surface area (Å²) in [5.74, 6) is -0.241. The average Bonchev–Trinajstić information content (AvgIpc) is 2.92. The summed E-state index contributed by atoms with van der Waals surface area (Å²) in [6.07, 6.45) is 3.92. The molecule has 2 aromatic rings. The number of rotatable bonds is 4. The first-order valence-electron chi connectivity index (χ1n) is 7.92. The maximum Gasteiger partial charge on any atom is 0.260 e. The molecule has 1 aliphatic rings. The molecule has 0 saturated heterocycles. The van der Waals surface area contributed by atoms with E-state index in [4.69, 9.17) is 10.5 Å². The van der Waals surface area contributed by atoms with E-state index in [0.29, 0.717) is 21.9 Å². The second-order valence-corrected chi connectivity index (χ2v) is 6.99. The number of para-hydroxylation sites is 1. The predicted octanol–water partition coefficient (Wildman–Crippen LogP) is 3.30. The predicted molar refractivity (Wildman–Crippen MR) is 95.2 cm³/mol. The van der Waals surface area contributed by atoms with Crippen LogP contribution in [-0.2, 0) is 12.8 Å². The lowest BCUT2D eigenvalue weighted by Crippen LogP contribution is -2.19. The summed E-state index contributed by atoms with van der Waals surface area (Å²) in [5.41, 5.74) is 8.37. The van der Waals surface area contributed by atoms with E-state index in [2.05, 4.69) is 5.32 Å². The molecule has 1 heterocycles. The highest BCUT2D eigenvalue weighted by molar-refractivity contribution is 7.17. The van der Waals surface area contributed by atoms with Gasteiger partial charge < -0.3 is 15.8 Å². The number of carbonyl (C=O) groups is 2. The SMILES string of the molecule is COc1c(C)cccc1C(=O)Nc1sc2c(c1C(N)=O)CCCC2. The maximum absolute atomic E-state index is 12.7. The zero-order valence-corrected chi connectivity index (χ0v) is 14.6. The van der Waals surface area contributed by atoms with E-state index < -0.39 is 5.91 Å². The van der Waals surface area contributed by atoms with Crippen molar-refractivity contribution in [2.24, 2.45) is 5.73 Å². The molecule has 1 aromatic carbocycles. The van der Waals surface area contributed by atoms with Crippen molar-refractivity contribution in [2.45, 2.75) is 32.6 Å². The van der Waals surface area contributed by atoms with Gasteiger partial charge >= 0.3 is 0 Å². The minimum Gasteiger partial charge on any atom is -0.496 e. The van der Waals surface area contributed by atoms with Crippen molar-refractivity contribution >= 4 is 28.2 Å². The number of benzene rings is 1. The number of nitrogens with one attached hydrogen (secondary N) is 1. The summed E-state index contributed by atoms with van der Waals surface area (Å²) in [7, 11) is 1.54. The van der Waals surface area contributed by atoms with E-state index in [1.54, 1.807) is 12.1 Å². The normalized spacial score (nSPS) is 13.2. The fourth-order valence-electron chi connectivity index (χ4n) is 3.19. The number of nitrogens with two attached hydrogens (primary N) is 1. The lowest BCUT2D eigenvalue weighted by Gasteiger charge is -2.12. The van der Waals surface area contributed by atoms with Gasteiger partial charge in [-0.1, -0.05) is 12.1 Å². The van der Waals surface area contributed by atoms with Gasteiger partial charge in [-0.3, -0.25) is 9.59 Å². The minimum atomic E-state index is -0.485. The van der Waals surface area contributed by atoms with Crippen LogP contribution in [-0.4, -0.2) is 18.9 Å². The molecule has 3 rings (SSSR count). The van der Waals surface area contributed by atoms with Crippen molar-refractivity contribution < 1.29 is 14.3 Å². The molecular formula is C18H20N2O3S. The van der Waals surface area contributed by atoms with Gasteiger partial charge in [0.15, 0.2) is 0 Å². The Bertz CT molecular complexity index is 811. The molecule has 6 heteroatoms. The van der Waals surface area contributed by atoms with Gasteiger partial charge in [0, 0.05) is 4.88 Å². The molecule has 1 aliphatic carbocycles. The highest BCUT2D eigenvalue weighted by Gasteiger charge is 2.25. The monoisotopic (exact) mass is 344 g/mol. The smallest absolute Gasteiger partial charge is 0.260 e. The standard InChI is InChI=1S/C18H20N2O3S/c1-10-6-5-8-12(15(10)23-2)17(22)20-18-14(16(19)21)11-7-3-4-9-13(11)24-18/h5-6,8H,3-4,7,9H2,1-2H3,(H2,19,21)(H,20,22). The second kappa shape index (κ2) is 6.65. The summed E-state index contributed by atoms with van der Waals surface area (Å²) in [5, 5.41) is 3.41. The van der Waals surface area contributed by atoms with Crippen LogP contribution in [0.2, 0.25) is 0 Å². The number of primary amides is 1. The van der Waals surface area contributed by atoms with Crippen molar-refractivity contribution in [2.75, 3.05) is 12.4 Å². The molecule has 0 unspecified atom stereocenters. The zero-order valence-electron chi connectivity index (χ0n) is 13.8. The van der Waals surface area contributed by atoms with Gasteiger partial charge in [0.25, 0.3) is 11.8 Å². The van der Waals surface area contributed by atoms with Gasteiger partial charge in [-0.15, -0.1) is 11.3 Å². The van der Waals surface area contributed by atoms with Crippen molar-refractivity contribution in [1.29, 1.82) is 0 Å². The lowest BCUT2D eigenvalue weighted by molar-refractivity contribution is 0.100. The van der Waals surface area contributed by atoms with E-state index in [1.807, 2.05) is 13.0 Å². The van der Waals surface area contributed by atoms with Crippen LogP contribution >= 0.6 is 11.3 Å². The molecule has 5 nitrogen and oxygen atoms in total. The fourth-order valence-corrected chi connectivity index (χ4v) is 4.48. The summed E-state index contributed by atoms with van der Waals surface area (Å²) in [6, 6.07) is 5.40. The van der Waals surface area contributed by atoms with Crippen LogP contribution in [0.15, 0.2) is 18.2 Å². The number of hydrogen-bond acceptors (Lipinski definition) is 4. The number of thiophene rings is 1. The summed E-state index contributed by atoms with van der Waals surface area (Å²) in [4.78, 5) is 25.8. The number of hydrogen-bond donors (Lipinski definition) is 2. The maximum atomic E-state index is 12.7. The number of anilines is 1.